The molecule has 2 aliphatic heterocycles. The first kappa shape index (κ1) is 22.2. The first-order valence-corrected chi connectivity index (χ1v) is 11.3. The predicted molar refractivity (Wildman–Crippen MR) is 122 cm³/mol. The van der Waals surface area contributed by atoms with E-state index in [1.54, 1.807) is 29.0 Å². The maximum Gasteiger partial charge on any atom is 0.335 e. The minimum absolute atomic E-state index is 0.0224. The third-order valence-electron chi connectivity index (χ3n) is 5.75. The van der Waals surface area contributed by atoms with Gasteiger partial charge in [-0.3, -0.25) is 9.59 Å². The topological polar surface area (TPSA) is 101 Å². The standard InChI is InChI=1S/C23H25N3O5S/c27-21(7-8-22(28)29)26-10-9-17-15-19(5-6-20(17)26)32-25-13-11-24(12-14-25)18-3-1-16(2-4-18)23(30)31/h1-6,15H,7-14H2,(H,28,29)(H,30,31). The number of carboxylic acid groups (broad SMARTS) is 2. The molecule has 0 atom stereocenters. The molecular formula is C23H25N3O5S. The Bertz CT molecular complexity index is 1020. The summed E-state index contributed by atoms with van der Waals surface area (Å²) in [5.41, 5.74) is 3.33. The molecule has 2 N–H and O–H groups in total. The van der Waals surface area contributed by atoms with Gasteiger partial charge in [-0.2, -0.15) is 0 Å². The molecule has 4 rings (SSSR count). The summed E-state index contributed by atoms with van der Waals surface area (Å²) < 4.78 is 2.31. The number of rotatable bonds is 7. The summed E-state index contributed by atoms with van der Waals surface area (Å²) in [7, 11) is 0. The van der Waals surface area contributed by atoms with Crippen LogP contribution in [0.15, 0.2) is 47.4 Å². The number of anilines is 2. The molecule has 1 saturated heterocycles. The van der Waals surface area contributed by atoms with E-state index < -0.39 is 11.9 Å². The van der Waals surface area contributed by atoms with E-state index in [0.717, 1.165) is 54.4 Å². The molecule has 0 aromatic heterocycles. The number of nitrogens with zero attached hydrogens (tertiary/aromatic N) is 3. The summed E-state index contributed by atoms with van der Waals surface area (Å²) in [5.74, 6) is -2.01. The maximum atomic E-state index is 12.3. The lowest BCUT2D eigenvalue weighted by Gasteiger charge is -2.35. The highest BCUT2D eigenvalue weighted by molar-refractivity contribution is 7.97. The molecule has 9 heteroatoms. The molecule has 168 valence electrons. The fourth-order valence-corrected chi connectivity index (χ4v) is 5.01. The van der Waals surface area contributed by atoms with E-state index in [2.05, 4.69) is 15.3 Å². The highest BCUT2D eigenvalue weighted by Crippen LogP contribution is 2.34. The minimum atomic E-state index is -0.957. The van der Waals surface area contributed by atoms with E-state index in [1.807, 2.05) is 24.3 Å². The Morgan fingerprint density at radius 1 is 0.875 bits per heavy atom. The number of carbonyl (C=O) groups excluding carboxylic acids is 1. The van der Waals surface area contributed by atoms with Crippen LogP contribution in [-0.2, 0) is 16.0 Å². The third kappa shape index (κ3) is 5.05. The van der Waals surface area contributed by atoms with Gasteiger partial charge in [0.25, 0.3) is 0 Å². The van der Waals surface area contributed by atoms with Gasteiger partial charge >= 0.3 is 11.9 Å². The van der Waals surface area contributed by atoms with Crippen LogP contribution in [0.1, 0.15) is 28.8 Å². The number of aromatic carboxylic acids is 1. The second-order valence-corrected chi connectivity index (χ2v) is 9.01. The largest absolute Gasteiger partial charge is 0.481 e. The van der Waals surface area contributed by atoms with Gasteiger partial charge in [0.15, 0.2) is 0 Å². The van der Waals surface area contributed by atoms with Crippen molar-refractivity contribution in [1.82, 2.24) is 4.31 Å². The summed E-state index contributed by atoms with van der Waals surface area (Å²) in [4.78, 5) is 39.2. The quantitative estimate of drug-likeness (QED) is 0.615. The molecule has 32 heavy (non-hydrogen) atoms. The summed E-state index contributed by atoms with van der Waals surface area (Å²) in [6, 6.07) is 13.1. The highest BCUT2D eigenvalue weighted by Gasteiger charge is 2.26. The van der Waals surface area contributed by atoms with Gasteiger partial charge in [0.05, 0.1) is 12.0 Å². The zero-order valence-electron chi connectivity index (χ0n) is 17.6. The Hall–Kier alpha value is -3.04. The summed E-state index contributed by atoms with van der Waals surface area (Å²) in [6.07, 6.45) is 0.658. The van der Waals surface area contributed by atoms with Crippen molar-refractivity contribution in [3.8, 4) is 0 Å². The Kier molecular flexibility index (Phi) is 6.66. The van der Waals surface area contributed by atoms with Gasteiger partial charge in [0.2, 0.25) is 5.91 Å². The van der Waals surface area contributed by atoms with Crippen molar-refractivity contribution in [2.75, 3.05) is 42.5 Å². The lowest BCUT2D eigenvalue weighted by molar-refractivity contribution is -0.138. The van der Waals surface area contributed by atoms with Crippen LogP contribution in [0.25, 0.3) is 0 Å². The average Bonchev–Trinajstić information content (AvgIpc) is 3.21. The van der Waals surface area contributed by atoms with E-state index in [0.29, 0.717) is 12.1 Å². The molecule has 0 radical (unpaired) electrons. The van der Waals surface area contributed by atoms with Crippen molar-refractivity contribution in [2.45, 2.75) is 24.2 Å². The zero-order chi connectivity index (χ0) is 22.7. The number of hydrogen-bond donors (Lipinski definition) is 2. The molecule has 2 aliphatic rings. The van der Waals surface area contributed by atoms with Crippen molar-refractivity contribution in [2.24, 2.45) is 0 Å². The van der Waals surface area contributed by atoms with E-state index >= 15 is 0 Å². The van der Waals surface area contributed by atoms with Crippen molar-refractivity contribution in [1.29, 1.82) is 0 Å². The van der Waals surface area contributed by atoms with Crippen LogP contribution in [0.3, 0.4) is 0 Å². The Morgan fingerprint density at radius 2 is 1.59 bits per heavy atom. The predicted octanol–water partition coefficient (Wildman–Crippen LogP) is 2.97. The van der Waals surface area contributed by atoms with Crippen molar-refractivity contribution >= 4 is 41.2 Å². The fraction of sp³-hybridized carbons (Fsp3) is 0.348. The van der Waals surface area contributed by atoms with Gasteiger partial charge in [-0.15, -0.1) is 0 Å². The Morgan fingerprint density at radius 3 is 2.25 bits per heavy atom. The van der Waals surface area contributed by atoms with E-state index in [-0.39, 0.29) is 18.7 Å². The van der Waals surface area contributed by atoms with Gasteiger partial charge < -0.3 is 20.0 Å². The summed E-state index contributed by atoms with van der Waals surface area (Å²) in [5, 5.41) is 17.8. The molecule has 2 aromatic carbocycles. The third-order valence-corrected chi connectivity index (χ3v) is 6.84. The molecule has 0 spiro atoms. The van der Waals surface area contributed by atoms with Crippen LogP contribution in [0.5, 0.6) is 0 Å². The average molecular weight is 456 g/mol. The molecule has 1 amide bonds. The molecule has 2 heterocycles. The molecule has 0 unspecified atom stereocenters. The second kappa shape index (κ2) is 9.62. The van der Waals surface area contributed by atoms with E-state index in [9.17, 15) is 14.4 Å². The number of carboxylic acids is 2. The number of amides is 1. The smallest absolute Gasteiger partial charge is 0.335 e. The lowest BCUT2D eigenvalue weighted by Crippen LogP contribution is -2.43. The molecule has 0 aliphatic carbocycles. The van der Waals surface area contributed by atoms with E-state index in [4.69, 9.17) is 10.2 Å². The second-order valence-electron chi connectivity index (χ2n) is 7.84. The number of hydrogen-bond acceptors (Lipinski definition) is 6. The number of fused-ring (bicyclic) bond motifs is 1. The lowest BCUT2D eigenvalue weighted by atomic mass is 10.2. The van der Waals surface area contributed by atoms with Gasteiger partial charge in [0.1, 0.15) is 0 Å². The van der Waals surface area contributed by atoms with E-state index in [1.165, 1.54) is 0 Å². The van der Waals surface area contributed by atoms with Crippen LogP contribution in [0.2, 0.25) is 0 Å². The van der Waals surface area contributed by atoms with Gasteiger partial charge in [-0.05, 0) is 66.4 Å². The molecular weight excluding hydrogens is 430 g/mol. The zero-order valence-corrected chi connectivity index (χ0v) is 18.4. The van der Waals surface area contributed by atoms with Crippen LogP contribution in [-0.4, -0.2) is 65.1 Å². The Labute approximate surface area is 190 Å². The molecule has 0 saturated carbocycles. The highest BCUT2D eigenvalue weighted by atomic mass is 32.2. The molecule has 0 bridgehead atoms. The SMILES string of the molecule is O=C(O)CCC(=O)N1CCc2cc(SN3CCN(c4ccc(C(=O)O)cc4)CC3)ccc21. The number of piperazine rings is 1. The number of carbonyl (C=O) groups is 3. The first-order chi connectivity index (χ1) is 15.4. The summed E-state index contributed by atoms with van der Waals surface area (Å²) in [6.45, 7) is 4.07. The maximum absolute atomic E-state index is 12.3. The molecule has 1 fully saturated rings. The minimum Gasteiger partial charge on any atom is -0.481 e. The molecule has 2 aromatic rings. The van der Waals surface area contributed by atoms with Crippen molar-refractivity contribution < 1.29 is 24.6 Å². The monoisotopic (exact) mass is 455 g/mol. The fourth-order valence-electron chi connectivity index (χ4n) is 4.04. The van der Waals surface area contributed by atoms with Gasteiger partial charge in [-0.25, -0.2) is 9.10 Å². The number of aliphatic carboxylic acids is 1. The Balaban J connectivity index is 1.32. The van der Waals surface area contributed by atoms with Crippen molar-refractivity contribution in [3.63, 3.8) is 0 Å². The first-order valence-electron chi connectivity index (χ1n) is 10.6. The van der Waals surface area contributed by atoms with Crippen molar-refractivity contribution in [3.05, 3.63) is 53.6 Å². The summed E-state index contributed by atoms with van der Waals surface area (Å²) >= 11 is 1.71. The molecule has 8 nitrogen and oxygen atoms in total. The normalized spacial score (nSPS) is 16.1. The van der Waals surface area contributed by atoms with Crippen LogP contribution >= 0.6 is 11.9 Å². The number of benzene rings is 2. The van der Waals surface area contributed by atoms with Gasteiger partial charge in [-0.1, -0.05) is 0 Å². The van der Waals surface area contributed by atoms with Gasteiger partial charge in [0, 0.05) is 55.4 Å². The van der Waals surface area contributed by atoms with Crippen LogP contribution in [0.4, 0.5) is 11.4 Å². The van der Waals surface area contributed by atoms with Crippen LogP contribution in [0, 0.1) is 0 Å². The van der Waals surface area contributed by atoms with Crippen LogP contribution < -0.4 is 9.80 Å².